The molecule has 0 aliphatic heterocycles. The number of rotatable bonds is 4. The lowest BCUT2D eigenvalue weighted by Gasteiger charge is -2.39. The lowest BCUT2D eigenvalue weighted by Crippen LogP contribution is -2.47. The van der Waals surface area contributed by atoms with Crippen molar-refractivity contribution in [1.82, 2.24) is 5.32 Å². The molecule has 4 heteroatoms. The lowest BCUT2D eigenvalue weighted by molar-refractivity contribution is 0.0658. The van der Waals surface area contributed by atoms with Crippen LogP contribution in [0.4, 0.5) is 0 Å². The molecule has 0 amide bonds. The van der Waals surface area contributed by atoms with E-state index in [1.54, 1.807) is 13.0 Å². The quantitative estimate of drug-likeness (QED) is 0.822. The number of hydrogen-bond donors (Lipinski definition) is 2. The van der Waals surface area contributed by atoms with Crippen LogP contribution in [-0.2, 0) is 6.54 Å². The molecule has 88 valence electrons. The summed E-state index contributed by atoms with van der Waals surface area (Å²) in [4.78, 5) is 10.8. The molecule has 0 radical (unpaired) electrons. The van der Waals surface area contributed by atoms with Gasteiger partial charge in [-0.1, -0.05) is 0 Å². The average molecular weight is 223 g/mol. The van der Waals surface area contributed by atoms with Gasteiger partial charge in [-0.15, -0.1) is 0 Å². The van der Waals surface area contributed by atoms with Gasteiger partial charge in [0.1, 0.15) is 5.76 Å². The van der Waals surface area contributed by atoms with Crippen LogP contribution in [0.2, 0.25) is 0 Å². The molecule has 0 saturated heterocycles. The number of aryl methyl sites for hydroxylation is 1. The topological polar surface area (TPSA) is 62.5 Å². The van der Waals surface area contributed by atoms with Crippen LogP contribution in [0.3, 0.4) is 0 Å². The van der Waals surface area contributed by atoms with E-state index in [9.17, 15) is 4.79 Å². The Morgan fingerprint density at radius 1 is 1.62 bits per heavy atom. The van der Waals surface area contributed by atoms with E-state index in [2.05, 4.69) is 12.2 Å². The second-order valence-corrected chi connectivity index (χ2v) is 4.80. The average Bonchev–Trinajstić information content (AvgIpc) is 2.54. The molecule has 1 aliphatic rings. The maximum absolute atomic E-state index is 10.8. The number of carboxylic acid groups (broad SMARTS) is 1. The van der Waals surface area contributed by atoms with Gasteiger partial charge in [-0.3, -0.25) is 0 Å². The molecule has 2 rings (SSSR count). The molecule has 1 heterocycles. The van der Waals surface area contributed by atoms with E-state index in [4.69, 9.17) is 9.52 Å². The van der Waals surface area contributed by atoms with Gasteiger partial charge in [-0.05, 0) is 39.2 Å². The van der Waals surface area contributed by atoms with E-state index in [1.165, 1.54) is 19.3 Å². The first-order valence-electron chi connectivity index (χ1n) is 5.58. The van der Waals surface area contributed by atoms with Gasteiger partial charge in [0.25, 0.3) is 0 Å². The Morgan fingerprint density at radius 3 is 2.75 bits per heavy atom. The zero-order valence-electron chi connectivity index (χ0n) is 9.67. The Balaban J connectivity index is 1.99. The molecule has 1 fully saturated rings. The van der Waals surface area contributed by atoms with Crippen LogP contribution >= 0.6 is 0 Å². The van der Waals surface area contributed by atoms with Crippen molar-refractivity contribution in [3.63, 3.8) is 0 Å². The van der Waals surface area contributed by atoms with Crippen LogP contribution in [0.5, 0.6) is 0 Å². The number of nitrogens with one attached hydrogen (secondary N) is 1. The largest absolute Gasteiger partial charge is 0.475 e. The van der Waals surface area contributed by atoms with Crippen LogP contribution in [0, 0.1) is 6.92 Å². The van der Waals surface area contributed by atoms with Crippen molar-refractivity contribution in [3.05, 3.63) is 23.2 Å². The third-order valence-electron chi connectivity index (χ3n) is 3.31. The normalized spacial score (nSPS) is 18.1. The third kappa shape index (κ3) is 2.11. The molecule has 0 spiro atoms. The maximum atomic E-state index is 10.8. The molecule has 16 heavy (non-hydrogen) atoms. The van der Waals surface area contributed by atoms with Gasteiger partial charge in [-0.2, -0.15) is 0 Å². The molecule has 0 atom stereocenters. The number of furan rings is 1. The van der Waals surface area contributed by atoms with Crippen molar-refractivity contribution >= 4 is 5.97 Å². The number of hydrogen-bond acceptors (Lipinski definition) is 3. The van der Waals surface area contributed by atoms with Crippen LogP contribution in [0.15, 0.2) is 10.5 Å². The molecule has 0 aromatic carbocycles. The summed E-state index contributed by atoms with van der Waals surface area (Å²) in [5, 5.41) is 12.3. The van der Waals surface area contributed by atoms with Gasteiger partial charge >= 0.3 is 5.97 Å². The van der Waals surface area contributed by atoms with Crippen molar-refractivity contribution in [3.8, 4) is 0 Å². The molecular weight excluding hydrogens is 206 g/mol. The highest BCUT2D eigenvalue weighted by Gasteiger charge is 2.31. The minimum absolute atomic E-state index is 0.0514. The van der Waals surface area contributed by atoms with Crippen molar-refractivity contribution in [2.45, 2.75) is 45.2 Å². The summed E-state index contributed by atoms with van der Waals surface area (Å²) in [5.41, 5.74) is 0.896. The number of aromatic carboxylic acids is 1. The highest BCUT2D eigenvalue weighted by atomic mass is 16.4. The van der Waals surface area contributed by atoms with E-state index in [1.807, 2.05) is 0 Å². The van der Waals surface area contributed by atoms with Gasteiger partial charge in [-0.25, -0.2) is 4.79 Å². The first kappa shape index (κ1) is 11.2. The molecule has 1 aliphatic carbocycles. The standard InChI is InChI=1S/C12H17NO3/c1-8-6-9(16-10(8)11(14)15)7-13-12(2)4-3-5-12/h6,13H,3-5,7H2,1-2H3,(H,14,15). The molecule has 1 aromatic heterocycles. The van der Waals surface area contributed by atoms with Crippen molar-refractivity contribution in [2.75, 3.05) is 0 Å². The smallest absolute Gasteiger partial charge is 0.372 e. The predicted octanol–water partition coefficient (Wildman–Crippen LogP) is 2.32. The minimum Gasteiger partial charge on any atom is -0.475 e. The summed E-state index contributed by atoms with van der Waals surface area (Å²) < 4.78 is 5.28. The van der Waals surface area contributed by atoms with Crippen LogP contribution in [-0.4, -0.2) is 16.6 Å². The van der Waals surface area contributed by atoms with Crippen molar-refractivity contribution in [1.29, 1.82) is 0 Å². The van der Waals surface area contributed by atoms with Crippen LogP contribution in [0.25, 0.3) is 0 Å². The van der Waals surface area contributed by atoms with Gasteiger partial charge in [0.2, 0.25) is 5.76 Å². The number of carboxylic acids is 1. The summed E-state index contributed by atoms with van der Waals surface area (Å²) in [6.07, 6.45) is 3.62. The zero-order chi connectivity index (χ0) is 11.8. The van der Waals surface area contributed by atoms with E-state index in [0.717, 1.165) is 0 Å². The fraction of sp³-hybridized carbons (Fsp3) is 0.583. The van der Waals surface area contributed by atoms with E-state index in [-0.39, 0.29) is 11.3 Å². The second-order valence-electron chi connectivity index (χ2n) is 4.80. The second kappa shape index (κ2) is 3.94. The Labute approximate surface area is 94.6 Å². The van der Waals surface area contributed by atoms with Gasteiger partial charge < -0.3 is 14.8 Å². The van der Waals surface area contributed by atoms with Gasteiger partial charge in [0.15, 0.2) is 0 Å². The molecule has 0 bridgehead atoms. The maximum Gasteiger partial charge on any atom is 0.372 e. The van der Waals surface area contributed by atoms with Gasteiger partial charge in [0.05, 0.1) is 6.54 Å². The Bertz CT molecular complexity index is 404. The van der Waals surface area contributed by atoms with Crippen LogP contribution in [0.1, 0.15) is 48.1 Å². The molecule has 1 aromatic rings. The minimum atomic E-state index is -1.00. The summed E-state index contributed by atoms with van der Waals surface area (Å²) in [5.74, 6) is -0.253. The number of carbonyl (C=O) groups is 1. The van der Waals surface area contributed by atoms with Crippen molar-refractivity contribution < 1.29 is 14.3 Å². The fourth-order valence-corrected chi connectivity index (χ4v) is 2.03. The molecule has 1 saturated carbocycles. The summed E-state index contributed by atoms with van der Waals surface area (Å²) >= 11 is 0. The zero-order valence-corrected chi connectivity index (χ0v) is 9.67. The highest BCUT2D eigenvalue weighted by molar-refractivity contribution is 5.86. The molecule has 2 N–H and O–H groups in total. The van der Waals surface area contributed by atoms with E-state index < -0.39 is 5.97 Å². The van der Waals surface area contributed by atoms with Gasteiger partial charge in [0, 0.05) is 11.1 Å². The molecule has 4 nitrogen and oxygen atoms in total. The lowest BCUT2D eigenvalue weighted by atomic mass is 9.78. The highest BCUT2D eigenvalue weighted by Crippen LogP contribution is 2.31. The first-order chi connectivity index (χ1) is 7.50. The SMILES string of the molecule is Cc1cc(CNC2(C)CCC2)oc1C(=O)O. The third-order valence-corrected chi connectivity index (χ3v) is 3.31. The predicted molar refractivity (Wildman–Crippen MR) is 59.5 cm³/mol. The summed E-state index contributed by atoms with van der Waals surface area (Å²) in [6, 6.07) is 1.79. The Kier molecular flexibility index (Phi) is 2.76. The van der Waals surface area contributed by atoms with E-state index in [0.29, 0.717) is 17.9 Å². The summed E-state index contributed by atoms with van der Waals surface area (Å²) in [6.45, 7) is 4.54. The Morgan fingerprint density at radius 2 is 2.31 bits per heavy atom. The van der Waals surface area contributed by atoms with Crippen LogP contribution < -0.4 is 5.32 Å². The monoisotopic (exact) mass is 223 g/mol. The van der Waals surface area contributed by atoms with Crippen molar-refractivity contribution in [2.24, 2.45) is 0 Å². The molecular formula is C12H17NO3. The van der Waals surface area contributed by atoms with E-state index >= 15 is 0 Å². The molecule has 0 unspecified atom stereocenters. The summed E-state index contributed by atoms with van der Waals surface area (Å²) in [7, 11) is 0. The Hall–Kier alpha value is -1.29. The fourth-order valence-electron chi connectivity index (χ4n) is 2.03. The first-order valence-corrected chi connectivity index (χ1v) is 5.58.